The average Bonchev–Trinajstić information content (AvgIpc) is 2.68. The zero-order valence-electron chi connectivity index (χ0n) is 11.4. The van der Waals surface area contributed by atoms with Gasteiger partial charge in [0.2, 0.25) is 10.0 Å². The molecule has 0 aliphatic carbocycles. The second kappa shape index (κ2) is 5.40. The van der Waals surface area contributed by atoms with E-state index < -0.39 is 26.3 Å². The standard InChI is InChI=1S/C13H18FNO4S/c1-9-13(2,5-6-19-9)15-20(17,18)12-7-10(8-16)3-4-11(12)14/h3-4,7,9,15-16H,5-6,8H2,1-2H3. The number of rotatable bonds is 4. The van der Waals surface area contributed by atoms with E-state index in [4.69, 9.17) is 9.84 Å². The molecule has 1 fully saturated rings. The molecule has 112 valence electrons. The molecule has 20 heavy (non-hydrogen) atoms. The fraction of sp³-hybridized carbons (Fsp3) is 0.538. The first kappa shape index (κ1) is 15.4. The predicted octanol–water partition coefficient (Wildman–Crippen LogP) is 1.16. The monoisotopic (exact) mass is 303 g/mol. The topological polar surface area (TPSA) is 75.6 Å². The van der Waals surface area contributed by atoms with Crippen molar-refractivity contribution in [1.29, 1.82) is 0 Å². The molecule has 0 saturated carbocycles. The van der Waals surface area contributed by atoms with Gasteiger partial charge in [-0.1, -0.05) is 6.07 Å². The first-order chi connectivity index (χ1) is 9.28. The van der Waals surface area contributed by atoms with Crippen molar-refractivity contribution in [2.24, 2.45) is 0 Å². The van der Waals surface area contributed by atoms with Crippen LogP contribution in [0.15, 0.2) is 23.1 Å². The van der Waals surface area contributed by atoms with Gasteiger partial charge in [0.1, 0.15) is 10.7 Å². The zero-order chi connectivity index (χ0) is 15.0. The molecule has 0 spiro atoms. The summed E-state index contributed by atoms with van der Waals surface area (Å²) in [6.45, 7) is 3.62. The average molecular weight is 303 g/mol. The van der Waals surface area contributed by atoms with Gasteiger partial charge in [-0.3, -0.25) is 0 Å². The van der Waals surface area contributed by atoms with Crippen LogP contribution in [0.2, 0.25) is 0 Å². The van der Waals surface area contributed by atoms with E-state index in [1.807, 2.05) is 0 Å². The van der Waals surface area contributed by atoms with Gasteiger partial charge >= 0.3 is 0 Å². The van der Waals surface area contributed by atoms with Crippen molar-refractivity contribution in [2.75, 3.05) is 6.61 Å². The minimum atomic E-state index is -4.01. The molecule has 0 aromatic heterocycles. The molecular weight excluding hydrogens is 285 g/mol. The van der Waals surface area contributed by atoms with Gasteiger partial charge in [-0.15, -0.1) is 0 Å². The molecule has 1 aliphatic heterocycles. The maximum absolute atomic E-state index is 13.8. The summed E-state index contributed by atoms with van der Waals surface area (Å²) in [5.41, 5.74) is -0.423. The van der Waals surface area contributed by atoms with Crippen LogP contribution in [0, 0.1) is 5.82 Å². The third-order valence-corrected chi connectivity index (χ3v) is 5.35. The Bertz CT molecular complexity index is 604. The lowest BCUT2D eigenvalue weighted by atomic mass is 9.97. The predicted molar refractivity (Wildman–Crippen MR) is 71.1 cm³/mol. The maximum Gasteiger partial charge on any atom is 0.244 e. The Morgan fingerprint density at radius 1 is 1.55 bits per heavy atom. The molecule has 1 saturated heterocycles. The summed E-state index contributed by atoms with van der Waals surface area (Å²) in [6, 6.07) is 3.52. The molecule has 2 N–H and O–H groups in total. The first-order valence-corrected chi connectivity index (χ1v) is 7.82. The second-order valence-corrected chi connectivity index (χ2v) is 6.86. The van der Waals surface area contributed by atoms with Gasteiger partial charge in [-0.25, -0.2) is 17.5 Å². The number of ether oxygens (including phenoxy) is 1. The Balaban J connectivity index is 2.36. The van der Waals surface area contributed by atoms with E-state index >= 15 is 0 Å². The molecule has 1 aromatic rings. The Morgan fingerprint density at radius 3 is 2.80 bits per heavy atom. The maximum atomic E-state index is 13.8. The number of sulfonamides is 1. The van der Waals surface area contributed by atoms with E-state index in [1.165, 1.54) is 6.07 Å². The van der Waals surface area contributed by atoms with Crippen LogP contribution in [0.3, 0.4) is 0 Å². The van der Waals surface area contributed by atoms with E-state index in [0.29, 0.717) is 18.6 Å². The zero-order valence-corrected chi connectivity index (χ0v) is 12.2. The van der Waals surface area contributed by atoms with Crippen molar-refractivity contribution in [3.8, 4) is 0 Å². The van der Waals surface area contributed by atoms with Gasteiger partial charge in [0.15, 0.2) is 0 Å². The van der Waals surface area contributed by atoms with Crippen molar-refractivity contribution >= 4 is 10.0 Å². The fourth-order valence-corrected chi connectivity index (χ4v) is 3.81. The van der Waals surface area contributed by atoms with Crippen LogP contribution in [0.1, 0.15) is 25.8 Å². The van der Waals surface area contributed by atoms with Gasteiger partial charge in [0.25, 0.3) is 0 Å². The summed E-state index contributed by atoms with van der Waals surface area (Å²) in [7, 11) is -4.01. The van der Waals surface area contributed by atoms with Crippen LogP contribution in [-0.4, -0.2) is 31.8 Å². The Kier molecular flexibility index (Phi) is 4.15. The molecular formula is C13H18FNO4S. The van der Waals surface area contributed by atoms with Crippen LogP contribution < -0.4 is 4.72 Å². The Morgan fingerprint density at radius 2 is 2.25 bits per heavy atom. The summed E-state index contributed by atoms with van der Waals surface area (Å²) < 4.78 is 46.3. The molecule has 0 radical (unpaired) electrons. The third-order valence-electron chi connectivity index (χ3n) is 3.72. The summed E-state index contributed by atoms with van der Waals surface area (Å²) in [5.74, 6) is -0.843. The second-order valence-electron chi connectivity index (χ2n) is 5.21. The molecule has 5 nitrogen and oxygen atoms in total. The number of hydrogen-bond acceptors (Lipinski definition) is 4. The summed E-state index contributed by atoms with van der Waals surface area (Å²) in [6.07, 6.45) is 0.232. The van der Waals surface area contributed by atoms with Crippen molar-refractivity contribution in [1.82, 2.24) is 4.72 Å². The third kappa shape index (κ3) is 2.85. The van der Waals surface area contributed by atoms with Gasteiger partial charge in [0, 0.05) is 6.61 Å². The Hall–Kier alpha value is -1.02. The molecule has 0 bridgehead atoms. The fourth-order valence-electron chi connectivity index (χ4n) is 2.18. The molecule has 1 aliphatic rings. The lowest BCUT2D eigenvalue weighted by Crippen LogP contribution is -2.50. The molecule has 2 rings (SSSR count). The van der Waals surface area contributed by atoms with Gasteiger partial charge in [0.05, 0.1) is 18.2 Å². The smallest absolute Gasteiger partial charge is 0.244 e. The SMILES string of the molecule is CC1OCCC1(C)NS(=O)(=O)c1cc(CO)ccc1F. The van der Waals surface area contributed by atoms with E-state index in [9.17, 15) is 12.8 Å². The van der Waals surface area contributed by atoms with Crippen LogP contribution in [0.4, 0.5) is 4.39 Å². The minimum absolute atomic E-state index is 0.290. The summed E-state index contributed by atoms with van der Waals surface area (Å²) >= 11 is 0. The molecule has 1 aromatic carbocycles. The Labute approximate surface area is 117 Å². The normalized spacial score (nSPS) is 26.9. The van der Waals surface area contributed by atoms with Crippen molar-refractivity contribution in [3.05, 3.63) is 29.6 Å². The van der Waals surface area contributed by atoms with Crippen molar-refractivity contribution < 1.29 is 22.7 Å². The number of benzene rings is 1. The summed E-state index contributed by atoms with van der Waals surface area (Å²) in [5, 5.41) is 9.04. The molecule has 2 atom stereocenters. The molecule has 1 heterocycles. The highest BCUT2D eigenvalue weighted by atomic mass is 32.2. The van der Waals surface area contributed by atoms with Gasteiger partial charge < -0.3 is 9.84 Å². The highest BCUT2D eigenvalue weighted by Crippen LogP contribution is 2.28. The van der Waals surface area contributed by atoms with E-state index in [-0.39, 0.29) is 12.7 Å². The number of halogens is 1. The van der Waals surface area contributed by atoms with Crippen molar-refractivity contribution in [2.45, 2.75) is 43.4 Å². The lowest BCUT2D eigenvalue weighted by Gasteiger charge is -2.28. The minimum Gasteiger partial charge on any atom is -0.392 e. The van der Waals surface area contributed by atoms with E-state index in [0.717, 1.165) is 12.1 Å². The highest BCUT2D eigenvalue weighted by molar-refractivity contribution is 7.89. The lowest BCUT2D eigenvalue weighted by molar-refractivity contribution is 0.0957. The van der Waals surface area contributed by atoms with E-state index in [1.54, 1.807) is 13.8 Å². The number of hydrogen-bond donors (Lipinski definition) is 2. The first-order valence-electron chi connectivity index (χ1n) is 6.33. The number of aliphatic hydroxyl groups is 1. The quantitative estimate of drug-likeness (QED) is 0.875. The number of nitrogens with one attached hydrogen (secondary N) is 1. The van der Waals surface area contributed by atoms with Crippen LogP contribution in [0.25, 0.3) is 0 Å². The molecule has 0 amide bonds. The molecule has 2 unspecified atom stereocenters. The van der Waals surface area contributed by atoms with Crippen LogP contribution in [-0.2, 0) is 21.4 Å². The number of aliphatic hydroxyl groups excluding tert-OH is 1. The van der Waals surface area contributed by atoms with Crippen LogP contribution in [0.5, 0.6) is 0 Å². The summed E-state index contributed by atoms with van der Waals surface area (Å²) in [4.78, 5) is -0.454. The van der Waals surface area contributed by atoms with E-state index in [2.05, 4.69) is 4.72 Å². The van der Waals surface area contributed by atoms with Crippen LogP contribution >= 0.6 is 0 Å². The largest absolute Gasteiger partial charge is 0.392 e. The van der Waals surface area contributed by atoms with Gasteiger partial charge in [-0.2, -0.15) is 0 Å². The van der Waals surface area contributed by atoms with Gasteiger partial charge in [-0.05, 0) is 38.0 Å². The molecule has 7 heteroatoms. The van der Waals surface area contributed by atoms with Crippen molar-refractivity contribution in [3.63, 3.8) is 0 Å². The highest BCUT2D eigenvalue weighted by Gasteiger charge is 2.41.